The topological polar surface area (TPSA) is 53.4 Å². The summed E-state index contributed by atoms with van der Waals surface area (Å²) in [5.74, 6) is 0.0646. The van der Waals surface area contributed by atoms with Gasteiger partial charge in [-0.25, -0.2) is 4.98 Å². The molecule has 0 spiro atoms. The van der Waals surface area contributed by atoms with Crippen LogP contribution in [0.5, 0.6) is 0 Å². The number of anilines is 1. The van der Waals surface area contributed by atoms with E-state index in [0.717, 1.165) is 31.5 Å². The van der Waals surface area contributed by atoms with E-state index >= 15 is 0 Å². The van der Waals surface area contributed by atoms with Gasteiger partial charge in [-0.2, -0.15) is 0 Å². The van der Waals surface area contributed by atoms with Crippen molar-refractivity contribution in [2.45, 2.75) is 38.1 Å². The van der Waals surface area contributed by atoms with Gasteiger partial charge in [-0.05, 0) is 43.7 Å². The molecule has 1 fully saturated rings. The van der Waals surface area contributed by atoms with E-state index < -0.39 is 5.97 Å². The van der Waals surface area contributed by atoms with Gasteiger partial charge in [0.25, 0.3) is 0 Å². The Morgan fingerprint density at radius 1 is 1.41 bits per heavy atom. The van der Waals surface area contributed by atoms with Crippen molar-refractivity contribution >= 4 is 11.8 Å². The Bertz CT molecular complexity index is 455. The maximum atomic E-state index is 10.9. The lowest BCUT2D eigenvalue weighted by atomic mass is 10.2. The van der Waals surface area contributed by atoms with Crippen molar-refractivity contribution < 1.29 is 9.90 Å². The summed E-state index contributed by atoms with van der Waals surface area (Å²) >= 11 is 0. The number of carboxylic acid groups (broad SMARTS) is 1. The fraction of sp³-hybridized carbons (Fsp3) is 0.538. The Morgan fingerprint density at radius 3 is 2.94 bits per heavy atom. The number of nitrogens with zero attached hydrogens (tertiary/aromatic N) is 2. The largest absolute Gasteiger partial charge is 0.480 e. The number of fused-ring (bicyclic) bond motifs is 1. The van der Waals surface area contributed by atoms with Crippen LogP contribution in [0.25, 0.3) is 0 Å². The lowest BCUT2D eigenvalue weighted by molar-refractivity contribution is -0.135. The highest BCUT2D eigenvalue weighted by molar-refractivity contribution is 5.73. The van der Waals surface area contributed by atoms with Crippen molar-refractivity contribution in [1.29, 1.82) is 0 Å². The van der Waals surface area contributed by atoms with E-state index in [1.165, 1.54) is 17.7 Å². The summed E-state index contributed by atoms with van der Waals surface area (Å²) in [5.41, 5.74) is 2.50. The predicted octanol–water partition coefficient (Wildman–Crippen LogP) is 1.62. The SMILES string of the molecule is O=C(O)CN(c1ccc2c(n1)CCC2)C1CC1. The average molecular weight is 232 g/mol. The zero-order chi connectivity index (χ0) is 11.8. The van der Waals surface area contributed by atoms with Crippen LogP contribution < -0.4 is 4.90 Å². The highest BCUT2D eigenvalue weighted by Crippen LogP contribution is 2.32. The second-order valence-corrected chi connectivity index (χ2v) is 4.88. The highest BCUT2D eigenvalue weighted by atomic mass is 16.4. The molecule has 1 saturated carbocycles. The number of rotatable bonds is 4. The van der Waals surface area contributed by atoms with Crippen LogP contribution in [0.4, 0.5) is 5.82 Å². The lowest BCUT2D eigenvalue weighted by Gasteiger charge is -2.21. The minimum absolute atomic E-state index is 0.0659. The molecule has 2 aliphatic rings. The summed E-state index contributed by atoms with van der Waals surface area (Å²) in [6.07, 6.45) is 5.51. The average Bonchev–Trinajstić information content (AvgIpc) is 3.03. The predicted molar refractivity (Wildman–Crippen MR) is 64.3 cm³/mol. The molecule has 0 aromatic carbocycles. The highest BCUT2D eigenvalue weighted by Gasteiger charge is 2.31. The molecule has 0 unspecified atom stereocenters. The van der Waals surface area contributed by atoms with Gasteiger partial charge >= 0.3 is 5.97 Å². The molecule has 17 heavy (non-hydrogen) atoms. The van der Waals surface area contributed by atoms with Crippen LogP contribution in [0.2, 0.25) is 0 Å². The molecule has 0 aliphatic heterocycles. The molecule has 1 heterocycles. The molecule has 1 aromatic heterocycles. The summed E-state index contributed by atoms with van der Waals surface area (Å²) in [6, 6.07) is 4.48. The van der Waals surface area contributed by atoms with Gasteiger partial charge in [-0.15, -0.1) is 0 Å². The summed E-state index contributed by atoms with van der Waals surface area (Å²) in [4.78, 5) is 17.4. The second-order valence-electron chi connectivity index (χ2n) is 4.88. The third-order valence-electron chi connectivity index (χ3n) is 3.50. The number of aryl methyl sites for hydroxylation is 2. The Kier molecular flexibility index (Phi) is 2.50. The van der Waals surface area contributed by atoms with E-state index in [0.29, 0.717) is 6.04 Å². The number of aliphatic carboxylic acids is 1. The van der Waals surface area contributed by atoms with Crippen molar-refractivity contribution in [3.8, 4) is 0 Å². The van der Waals surface area contributed by atoms with Gasteiger partial charge in [-0.3, -0.25) is 4.79 Å². The smallest absolute Gasteiger partial charge is 0.323 e. The van der Waals surface area contributed by atoms with E-state index in [2.05, 4.69) is 11.1 Å². The number of pyridine rings is 1. The fourth-order valence-corrected chi connectivity index (χ4v) is 2.50. The molecule has 1 aromatic rings. The van der Waals surface area contributed by atoms with E-state index in [1.54, 1.807) is 0 Å². The van der Waals surface area contributed by atoms with Gasteiger partial charge in [0, 0.05) is 11.7 Å². The molecule has 0 atom stereocenters. The van der Waals surface area contributed by atoms with Crippen LogP contribution in [0.15, 0.2) is 12.1 Å². The van der Waals surface area contributed by atoms with Gasteiger partial charge in [0.2, 0.25) is 0 Å². The maximum Gasteiger partial charge on any atom is 0.323 e. The van der Waals surface area contributed by atoms with E-state index in [9.17, 15) is 4.79 Å². The molecule has 2 aliphatic carbocycles. The molecular weight excluding hydrogens is 216 g/mol. The van der Waals surface area contributed by atoms with E-state index in [1.807, 2.05) is 11.0 Å². The molecular formula is C13H16N2O2. The number of aromatic nitrogens is 1. The Morgan fingerprint density at radius 2 is 2.24 bits per heavy atom. The van der Waals surface area contributed by atoms with Gasteiger partial charge in [-0.1, -0.05) is 6.07 Å². The molecule has 0 saturated heterocycles. The standard InChI is InChI=1S/C13H16N2O2/c16-13(17)8-15(10-5-6-10)12-7-4-9-2-1-3-11(9)14-12/h4,7,10H,1-3,5-6,8H2,(H,16,17). The van der Waals surface area contributed by atoms with Crippen molar-refractivity contribution in [2.75, 3.05) is 11.4 Å². The van der Waals surface area contributed by atoms with Crippen LogP contribution in [0, 0.1) is 0 Å². The maximum absolute atomic E-state index is 10.9. The van der Waals surface area contributed by atoms with Gasteiger partial charge in [0.05, 0.1) is 0 Å². The number of hydrogen-bond donors (Lipinski definition) is 1. The summed E-state index contributed by atoms with van der Waals surface area (Å²) in [7, 11) is 0. The molecule has 0 amide bonds. The normalized spacial score (nSPS) is 17.9. The van der Waals surface area contributed by atoms with E-state index in [-0.39, 0.29) is 6.54 Å². The van der Waals surface area contributed by atoms with Gasteiger partial charge in [0.1, 0.15) is 12.4 Å². The Labute approximate surface area is 100 Å². The number of carboxylic acids is 1. The quantitative estimate of drug-likeness (QED) is 0.857. The van der Waals surface area contributed by atoms with E-state index in [4.69, 9.17) is 5.11 Å². The van der Waals surface area contributed by atoms with Crippen LogP contribution in [-0.2, 0) is 17.6 Å². The third kappa shape index (κ3) is 2.12. The summed E-state index contributed by atoms with van der Waals surface area (Å²) in [5, 5.41) is 8.95. The second kappa shape index (κ2) is 4.02. The third-order valence-corrected chi connectivity index (χ3v) is 3.50. The van der Waals surface area contributed by atoms with Crippen molar-refractivity contribution in [3.05, 3.63) is 23.4 Å². The minimum Gasteiger partial charge on any atom is -0.480 e. The van der Waals surface area contributed by atoms with Crippen molar-refractivity contribution in [3.63, 3.8) is 0 Å². The molecule has 3 rings (SSSR count). The van der Waals surface area contributed by atoms with Gasteiger partial charge in [0.15, 0.2) is 0 Å². The Hall–Kier alpha value is -1.58. The van der Waals surface area contributed by atoms with Crippen LogP contribution >= 0.6 is 0 Å². The monoisotopic (exact) mass is 232 g/mol. The minimum atomic E-state index is -0.779. The Balaban J connectivity index is 1.87. The van der Waals surface area contributed by atoms with Crippen LogP contribution in [0.1, 0.15) is 30.5 Å². The zero-order valence-electron chi connectivity index (χ0n) is 9.72. The van der Waals surface area contributed by atoms with Crippen molar-refractivity contribution in [1.82, 2.24) is 4.98 Å². The lowest BCUT2D eigenvalue weighted by Crippen LogP contribution is -2.32. The molecule has 0 bridgehead atoms. The molecule has 0 radical (unpaired) electrons. The summed E-state index contributed by atoms with van der Waals surface area (Å²) in [6.45, 7) is 0.0659. The number of carbonyl (C=O) groups is 1. The fourth-order valence-electron chi connectivity index (χ4n) is 2.50. The van der Waals surface area contributed by atoms with Crippen molar-refractivity contribution in [2.24, 2.45) is 0 Å². The van der Waals surface area contributed by atoms with Crippen LogP contribution in [0.3, 0.4) is 0 Å². The first-order chi connectivity index (χ1) is 8.24. The molecule has 1 N–H and O–H groups in total. The first kappa shape index (κ1) is 10.6. The summed E-state index contributed by atoms with van der Waals surface area (Å²) < 4.78 is 0. The first-order valence-electron chi connectivity index (χ1n) is 6.21. The molecule has 90 valence electrons. The zero-order valence-corrected chi connectivity index (χ0v) is 9.72. The van der Waals surface area contributed by atoms with Crippen LogP contribution in [-0.4, -0.2) is 28.6 Å². The molecule has 4 nitrogen and oxygen atoms in total. The molecule has 4 heteroatoms. The first-order valence-corrected chi connectivity index (χ1v) is 6.21. The van der Waals surface area contributed by atoms with Gasteiger partial charge < -0.3 is 10.0 Å². The number of hydrogen-bond acceptors (Lipinski definition) is 3.